The van der Waals surface area contributed by atoms with E-state index >= 15 is 0 Å². The number of fused-ring (bicyclic) bond motifs is 2. The second kappa shape index (κ2) is 9.41. The lowest BCUT2D eigenvalue weighted by molar-refractivity contribution is 0.0997. The second-order valence-electron chi connectivity index (χ2n) is 8.26. The molecule has 0 bridgehead atoms. The van der Waals surface area contributed by atoms with Gasteiger partial charge in [-0.15, -0.1) is 0 Å². The second-order valence-corrected chi connectivity index (χ2v) is 11.2. The number of aromatic nitrogens is 1. The van der Waals surface area contributed by atoms with Crippen LogP contribution in [0, 0.1) is 0 Å². The number of carbonyl (C=O) groups is 1. The zero-order valence-corrected chi connectivity index (χ0v) is 21.1. The largest absolute Gasteiger partial charge is 0.497 e. The van der Waals surface area contributed by atoms with Crippen molar-refractivity contribution in [2.75, 3.05) is 13.7 Å². The number of nitrogens with zero attached hydrogens (tertiary/aromatic N) is 3. The first-order valence-electron chi connectivity index (χ1n) is 11.3. The lowest BCUT2D eigenvalue weighted by Crippen LogP contribution is -2.35. The maximum Gasteiger partial charge on any atom is 0.279 e. The Bertz CT molecular complexity index is 1590. The van der Waals surface area contributed by atoms with Crippen LogP contribution in [0.15, 0.2) is 76.6 Å². The fourth-order valence-electron chi connectivity index (χ4n) is 4.32. The van der Waals surface area contributed by atoms with E-state index in [9.17, 15) is 13.2 Å². The number of rotatable bonds is 5. The fraction of sp³-hybridized carbons (Fsp3) is 0.231. The molecule has 1 aliphatic heterocycles. The molecule has 1 aromatic heterocycles. The standard InChI is InChI=1S/C26H25N3O4S2/c1-3-29-23-13-10-21(33-2)16-24(23)34-26(29)27-25(30)19-8-11-22(12-9-19)35(31,32)28-15-14-18-6-4-5-7-20(18)17-28/h4-13,16H,3,14-15,17H2,1-2H3. The molecule has 0 spiro atoms. The summed E-state index contributed by atoms with van der Waals surface area (Å²) in [5, 5.41) is 0. The molecule has 3 aromatic carbocycles. The maximum atomic E-state index is 13.2. The Kier molecular flexibility index (Phi) is 6.31. The van der Waals surface area contributed by atoms with Gasteiger partial charge in [0.1, 0.15) is 5.75 Å². The van der Waals surface area contributed by atoms with Crippen LogP contribution in [0.25, 0.3) is 10.2 Å². The summed E-state index contributed by atoms with van der Waals surface area (Å²) in [4.78, 5) is 18.0. The van der Waals surface area contributed by atoms with Gasteiger partial charge in [0.15, 0.2) is 4.80 Å². The molecular weight excluding hydrogens is 482 g/mol. The molecule has 5 rings (SSSR count). The van der Waals surface area contributed by atoms with E-state index in [2.05, 4.69) is 4.99 Å². The monoisotopic (exact) mass is 507 g/mol. The lowest BCUT2D eigenvalue weighted by atomic mass is 10.0. The highest BCUT2D eigenvalue weighted by molar-refractivity contribution is 7.89. The first-order chi connectivity index (χ1) is 16.9. The molecule has 0 fully saturated rings. The van der Waals surface area contributed by atoms with Crippen LogP contribution in [-0.4, -0.2) is 36.9 Å². The quantitative estimate of drug-likeness (QED) is 0.405. The van der Waals surface area contributed by atoms with Crippen LogP contribution in [-0.2, 0) is 29.5 Å². The van der Waals surface area contributed by atoms with Crippen molar-refractivity contribution in [3.63, 3.8) is 0 Å². The normalized spacial score (nSPS) is 14.7. The highest BCUT2D eigenvalue weighted by Gasteiger charge is 2.28. The van der Waals surface area contributed by atoms with E-state index in [4.69, 9.17) is 4.74 Å². The molecular formula is C26H25N3O4S2. The van der Waals surface area contributed by atoms with Crippen molar-refractivity contribution in [2.45, 2.75) is 31.3 Å². The number of carbonyl (C=O) groups excluding carboxylic acids is 1. The van der Waals surface area contributed by atoms with Crippen molar-refractivity contribution in [2.24, 2.45) is 4.99 Å². The average Bonchev–Trinajstić information content (AvgIpc) is 3.24. The predicted octanol–water partition coefficient (Wildman–Crippen LogP) is 4.22. The molecule has 35 heavy (non-hydrogen) atoms. The maximum absolute atomic E-state index is 13.2. The highest BCUT2D eigenvalue weighted by Crippen LogP contribution is 2.26. The summed E-state index contributed by atoms with van der Waals surface area (Å²) in [5.41, 5.74) is 3.53. The number of ether oxygens (including phenoxy) is 1. The Morgan fingerprint density at radius 1 is 1.06 bits per heavy atom. The van der Waals surface area contributed by atoms with Gasteiger partial charge in [-0.1, -0.05) is 35.6 Å². The van der Waals surface area contributed by atoms with Crippen molar-refractivity contribution < 1.29 is 17.9 Å². The van der Waals surface area contributed by atoms with Gasteiger partial charge in [-0.05, 0) is 66.9 Å². The van der Waals surface area contributed by atoms with E-state index < -0.39 is 15.9 Å². The van der Waals surface area contributed by atoms with E-state index in [1.54, 1.807) is 7.11 Å². The molecule has 0 N–H and O–H groups in total. The SMILES string of the molecule is CCn1c(=NC(=O)c2ccc(S(=O)(=O)N3CCc4ccccc4C3)cc2)sc2cc(OC)ccc21. The van der Waals surface area contributed by atoms with Crippen LogP contribution in [0.5, 0.6) is 5.75 Å². The van der Waals surface area contributed by atoms with Gasteiger partial charge in [-0.25, -0.2) is 8.42 Å². The number of amides is 1. The van der Waals surface area contributed by atoms with Gasteiger partial charge in [-0.3, -0.25) is 4.79 Å². The fourth-order valence-corrected chi connectivity index (χ4v) is 6.86. The van der Waals surface area contributed by atoms with Crippen LogP contribution in [0.3, 0.4) is 0 Å². The Hall–Kier alpha value is -3.27. The summed E-state index contributed by atoms with van der Waals surface area (Å²) in [6.45, 7) is 3.44. The molecule has 0 aliphatic carbocycles. The summed E-state index contributed by atoms with van der Waals surface area (Å²) in [5.74, 6) is 0.329. The zero-order chi connectivity index (χ0) is 24.6. The molecule has 1 amide bonds. The van der Waals surface area contributed by atoms with Crippen LogP contribution < -0.4 is 9.54 Å². The number of hydrogen-bond acceptors (Lipinski definition) is 5. The van der Waals surface area contributed by atoms with Gasteiger partial charge in [0.2, 0.25) is 10.0 Å². The molecule has 4 aromatic rings. The number of hydrogen-bond donors (Lipinski definition) is 0. The van der Waals surface area contributed by atoms with Gasteiger partial charge in [-0.2, -0.15) is 9.30 Å². The van der Waals surface area contributed by atoms with Gasteiger partial charge < -0.3 is 9.30 Å². The van der Waals surface area contributed by atoms with Crippen molar-refractivity contribution in [1.82, 2.24) is 8.87 Å². The van der Waals surface area contributed by atoms with E-state index in [-0.39, 0.29) is 4.90 Å². The molecule has 9 heteroatoms. The Labute approximate surface area is 208 Å². The topological polar surface area (TPSA) is 81.0 Å². The first kappa shape index (κ1) is 23.5. The molecule has 0 radical (unpaired) electrons. The number of methoxy groups -OCH3 is 1. The van der Waals surface area contributed by atoms with Gasteiger partial charge in [0, 0.05) is 25.2 Å². The van der Waals surface area contributed by atoms with Crippen LogP contribution in [0.4, 0.5) is 0 Å². The molecule has 0 unspecified atom stereocenters. The summed E-state index contributed by atoms with van der Waals surface area (Å²) >= 11 is 1.41. The summed E-state index contributed by atoms with van der Waals surface area (Å²) < 4.78 is 36.2. The van der Waals surface area contributed by atoms with Gasteiger partial charge >= 0.3 is 0 Å². The van der Waals surface area contributed by atoms with E-state index in [1.807, 2.05) is 54.0 Å². The lowest BCUT2D eigenvalue weighted by Gasteiger charge is -2.28. The summed E-state index contributed by atoms with van der Waals surface area (Å²) in [7, 11) is -2.05. The van der Waals surface area contributed by atoms with Crippen molar-refractivity contribution in [3.8, 4) is 5.75 Å². The molecule has 180 valence electrons. The molecule has 0 atom stereocenters. The number of thiazole rings is 1. The molecule has 0 saturated carbocycles. The molecule has 2 heterocycles. The summed E-state index contributed by atoms with van der Waals surface area (Å²) in [6, 6.07) is 19.7. The van der Waals surface area contributed by atoms with Crippen molar-refractivity contribution >= 4 is 37.5 Å². The number of benzene rings is 3. The minimum atomic E-state index is -3.66. The van der Waals surface area contributed by atoms with Gasteiger partial charge in [0.05, 0.1) is 22.2 Å². The summed E-state index contributed by atoms with van der Waals surface area (Å²) in [6.07, 6.45) is 0.684. The minimum absolute atomic E-state index is 0.172. The van der Waals surface area contributed by atoms with Crippen molar-refractivity contribution in [3.05, 3.63) is 88.2 Å². The Balaban J connectivity index is 1.41. The average molecular weight is 508 g/mol. The third-order valence-corrected chi connectivity index (χ3v) is 9.14. The van der Waals surface area contributed by atoms with Crippen LogP contribution in [0.2, 0.25) is 0 Å². The van der Waals surface area contributed by atoms with Crippen LogP contribution in [0.1, 0.15) is 28.4 Å². The van der Waals surface area contributed by atoms with E-state index in [0.717, 1.165) is 21.5 Å². The van der Waals surface area contributed by atoms with Crippen LogP contribution >= 0.6 is 11.3 Å². The minimum Gasteiger partial charge on any atom is -0.497 e. The first-order valence-corrected chi connectivity index (χ1v) is 13.6. The zero-order valence-electron chi connectivity index (χ0n) is 19.5. The third-order valence-electron chi connectivity index (χ3n) is 6.24. The molecule has 0 saturated heterocycles. The van der Waals surface area contributed by atoms with E-state index in [0.29, 0.717) is 36.4 Å². The highest BCUT2D eigenvalue weighted by atomic mass is 32.2. The van der Waals surface area contributed by atoms with E-state index in [1.165, 1.54) is 45.5 Å². The predicted molar refractivity (Wildman–Crippen MR) is 136 cm³/mol. The smallest absolute Gasteiger partial charge is 0.279 e. The van der Waals surface area contributed by atoms with Gasteiger partial charge in [0.25, 0.3) is 5.91 Å². The number of sulfonamides is 1. The molecule has 1 aliphatic rings. The van der Waals surface area contributed by atoms with Crippen molar-refractivity contribution in [1.29, 1.82) is 0 Å². The molecule has 7 nitrogen and oxygen atoms in total. The third kappa shape index (κ3) is 4.42. The Morgan fingerprint density at radius 2 is 1.80 bits per heavy atom. The number of aryl methyl sites for hydroxylation is 1. The Morgan fingerprint density at radius 3 is 2.51 bits per heavy atom.